The van der Waals surface area contributed by atoms with Gasteiger partial charge in [0, 0.05) is 24.4 Å². The molecule has 0 radical (unpaired) electrons. The van der Waals surface area contributed by atoms with E-state index in [1.54, 1.807) is 57.2 Å². The molecule has 4 aromatic heterocycles. The van der Waals surface area contributed by atoms with Gasteiger partial charge in [-0.25, -0.2) is 9.97 Å². The van der Waals surface area contributed by atoms with Crippen LogP contribution in [0, 0.1) is 0 Å². The quantitative estimate of drug-likeness (QED) is 0.421. The number of hydrogen-bond donors (Lipinski definition) is 0. The van der Waals surface area contributed by atoms with Gasteiger partial charge in [0.05, 0.1) is 51.1 Å². The Bertz CT molecular complexity index is 1180. The molecule has 31 heavy (non-hydrogen) atoms. The smallest absolute Gasteiger partial charge is 0.257 e. The molecule has 0 amide bonds. The number of ether oxygens (including phenoxy) is 5. The molecule has 0 aliphatic rings. The van der Waals surface area contributed by atoms with Crippen LogP contribution in [0.4, 0.5) is 0 Å². The van der Waals surface area contributed by atoms with E-state index in [2.05, 4.69) is 19.9 Å². The third-order valence-electron chi connectivity index (χ3n) is 4.38. The van der Waals surface area contributed by atoms with Crippen LogP contribution in [0.1, 0.15) is 5.69 Å². The van der Waals surface area contributed by atoms with Crippen molar-refractivity contribution >= 4 is 11.0 Å². The fraction of sp³-hybridized carbons (Fsp3) is 0.182. The predicted molar refractivity (Wildman–Crippen MR) is 112 cm³/mol. The van der Waals surface area contributed by atoms with Crippen LogP contribution in [0.3, 0.4) is 0 Å². The average Bonchev–Trinajstić information content (AvgIpc) is 2.83. The number of methoxy groups -OCH3 is 3. The third-order valence-corrected chi connectivity index (χ3v) is 4.38. The van der Waals surface area contributed by atoms with Crippen molar-refractivity contribution in [1.82, 2.24) is 19.9 Å². The fourth-order valence-electron chi connectivity index (χ4n) is 2.79. The Morgan fingerprint density at radius 2 is 1.52 bits per heavy atom. The topological polar surface area (TPSA) is 97.7 Å². The molecule has 9 heteroatoms. The summed E-state index contributed by atoms with van der Waals surface area (Å²) in [5.41, 5.74) is 1.99. The minimum atomic E-state index is 0.230. The first-order valence-corrected chi connectivity index (χ1v) is 9.32. The Kier molecular flexibility index (Phi) is 5.93. The average molecular weight is 420 g/mol. The molecule has 0 bridgehead atoms. The summed E-state index contributed by atoms with van der Waals surface area (Å²) < 4.78 is 27.5. The lowest BCUT2D eigenvalue weighted by atomic mass is 10.3. The fourth-order valence-corrected chi connectivity index (χ4v) is 2.79. The molecular formula is C22H20N4O5. The van der Waals surface area contributed by atoms with E-state index in [4.69, 9.17) is 23.7 Å². The first-order valence-electron chi connectivity index (χ1n) is 9.32. The monoisotopic (exact) mass is 420 g/mol. The van der Waals surface area contributed by atoms with Gasteiger partial charge in [0.25, 0.3) is 5.88 Å². The lowest BCUT2D eigenvalue weighted by Crippen LogP contribution is -2.02. The molecule has 0 N–H and O–H groups in total. The molecule has 0 aliphatic heterocycles. The zero-order valence-corrected chi connectivity index (χ0v) is 17.2. The van der Waals surface area contributed by atoms with Crippen LogP contribution in [-0.2, 0) is 6.61 Å². The second-order valence-electron chi connectivity index (χ2n) is 6.31. The van der Waals surface area contributed by atoms with E-state index in [0.29, 0.717) is 45.7 Å². The van der Waals surface area contributed by atoms with Crippen molar-refractivity contribution in [2.75, 3.05) is 21.3 Å². The summed E-state index contributed by atoms with van der Waals surface area (Å²) >= 11 is 0. The maximum absolute atomic E-state index is 5.98. The summed E-state index contributed by atoms with van der Waals surface area (Å²) in [4.78, 5) is 17.3. The minimum Gasteiger partial charge on any atom is -0.495 e. The number of rotatable bonds is 8. The molecule has 158 valence electrons. The molecular weight excluding hydrogens is 400 g/mol. The summed E-state index contributed by atoms with van der Waals surface area (Å²) in [6.45, 7) is 0.230. The predicted octanol–water partition coefficient (Wildman–Crippen LogP) is 3.82. The van der Waals surface area contributed by atoms with Gasteiger partial charge in [-0.2, -0.15) is 0 Å². The van der Waals surface area contributed by atoms with Crippen molar-refractivity contribution in [2.45, 2.75) is 6.61 Å². The van der Waals surface area contributed by atoms with Crippen molar-refractivity contribution in [2.24, 2.45) is 0 Å². The maximum Gasteiger partial charge on any atom is 0.257 e. The molecule has 0 aliphatic carbocycles. The molecule has 0 saturated heterocycles. The maximum atomic E-state index is 5.98. The van der Waals surface area contributed by atoms with Crippen molar-refractivity contribution in [3.8, 4) is 34.6 Å². The first kappa shape index (κ1) is 20.1. The van der Waals surface area contributed by atoms with E-state index in [-0.39, 0.29) is 6.61 Å². The Morgan fingerprint density at radius 3 is 2.26 bits per heavy atom. The van der Waals surface area contributed by atoms with Crippen LogP contribution >= 0.6 is 0 Å². The summed E-state index contributed by atoms with van der Waals surface area (Å²) in [6, 6.07) is 8.85. The van der Waals surface area contributed by atoms with Crippen molar-refractivity contribution in [3.05, 3.63) is 60.8 Å². The van der Waals surface area contributed by atoms with Gasteiger partial charge in [0.1, 0.15) is 29.4 Å². The van der Waals surface area contributed by atoms with E-state index >= 15 is 0 Å². The third kappa shape index (κ3) is 4.55. The summed E-state index contributed by atoms with van der Waals surface area (Å²) in [7, 11) is 4.71. The molecule has 0 saturated carbocycles. The van der Waals surface area contributed by atoms with Crippen molar-refractivity contribution in [3.63, 3.8) is 0 Å². The van der Waals surface area contributed by atoms with E-state index in [1.807, 2.05) is 12.1 Å². The lowest BCUT2D eigenvalue weighted by Gasteiger charge is -2.12. The number of pyridine rings is 4. The summed E-state index contributed by atoms with van der Waals surface area (Å²) in [5, 5.41) is 0. The Labute approximate surface area is 178 Å². The largest absolute Gasteiger partial charge is 0.495 e. The molecule has 0 aromatic carbocycles. The number of aromatic nitrogens is 4. The van der Waals surface area contributed by atoms with Crippen LogP contribution < -0.4 is 23.7 Å². The molecule has 0 atom stereocenters. The van der Waals surface area contributed by atoms with E-state index in [0.717, 1.165) is 5.69 Å². The van der Waals surface area contributed by atoms with Crippen LogP contribution in [0.25, 0.3) is 11.0 Å². The molecule has 0 fully saturated rings. The second-order valence-corrected chi connectivity index (χ2v) is 6.31. The number of fused-ring (bicyclic) bond motifs is 1. The molecule has 0 spiro atoms. The van der Waals surface area contributed by atoms with Gasteiger partial charge >= 0.3 is 0 Å². The van der Waals surface area contributed by atoms with Gasteiger partial charge in [-0.1, -0.05) is 0 Å². The lowest BCUT2D eigenvalue weighted by molar-refractivity contribution is 0.267. The van der Waals surface area contributed by atoms with Crippen molar-refractivity contribution < 1.29 is 23.7 Å². The highest BCUT2D eigenvalue weighted by Gasteiger charge is 2.12. The first-order chi connectivity index (χ1) is 15.2. The Morgan fingerprint density at radius 1 is 0.710 bits per heavy atom. The molecule has 4 heterocycles. The van der Waals surface area contributed by atoms with Crippen LogP contribution in [0.2, 0.25) is 0 Å². The zero-order chi connectivity index (χ0) is 21.6. The summed E-state index contributed by atoms with van der Waals surface area (Å²) in [6.07, 6.45) is 6.43. The molecule has 4 rings (SSSR count). The van der Waals surface area contributed by atoms with Gasteiger partial charge in [-0.15, -0.1) is 0 Å². The van der Waals surface area contributed by atoms with Crippen molar-refractivity contribution in [1.29, 1.82) is 0 Å². The van der Waals surface area contributed by atoms with E-state index in [9.17, 15) is 0 Å². The normalized spacial score (nSPS) is 10.5. The highest BCUT2D eigenvalue weighted by molar-refractivity contribution is 5.81. The number of nitrogens with zero attached hydrogens (tertiary/aromatic N) is 4. The van der Waals surface area contributed by atoms with Gasteiger partial charge in [0.15, 0.2) is 11.5 Å². The standard InChI is InChI=1S/C22H20N4O5/c1-27-15-5-4-14(24-10-15)13-30-22-20(29-3)9-17(12-26-22)31-19-6-7-23-18-8-16(28-2)11-25-21(18)19/h4-12H,13H2,1-3H3. The van der Waals surface area contributed by atoms with Crippen LogP contribution in [0.15, 0.2) is 55.1 Å². The molecule has 0 unspecified atom stereocenters. The van der Waals surface area contributed by atoms with Gasteiger partial charge < -0.3 is 23.7 Å². The van der Waals surface area contributed by atoms with E-state index in [1.165, 1.54) is 7.11 Å². The van der Waals surface area contributed by atoms with E-state index < -0.39 is 0 Å². The molecule has 4 aromatic rings. The molecule has 9 nitrogen and oxygen atoms in total. The SMILES string of the molecule is COc1ccc(COc2ncc(Oc3ccnc4cc(OC)cnc34)cc2OC)nc1. The highest BCUT2D eigenvalue weighted by atomic mass is 16.5. The van der Waals surface area contributed by atoms with Gasteiger partial charge in [0.2, 0.25) is 0 Å². The Balaban J connectivity index is 1.52. The van der Waals surface area contributed by atoms with Crippen LogP contribution in [0.5, 0.6) is 34.6 Å². The van der Waals surface area contributed by atoms with Gasteiger partial charge in [-0.3, -0.25) is 9.97 Å². The zero-order valence-electron chi connectivity index (χ0n) is 17.2. The second kappa shape index (κ2) is 9.12. The van der Waals surface area contributed by atoms with Gasteiger partial charge in [-0.05, 0) is 12.1 Å². The van der Waals surface area contributed by atoms with Crippen LogP contribution in [-0.4, -0.2) is 41.3 Å². The Hall–Kier alpha value is -4.14. The number of hydrogen-bond acceptors (Lipinski definition) is 9. The summed E-state index contributed by atoms with van der Waals surface area (Å²) in [5.74, 6) is 3.06. The minimum absolute atomic E-state index is 0.230. The highest BCUT2D eigenvalue weighted by Crippen LogP contribution is 2.33.